The molecule has 138 valence electrons. The van der Waals surface area contributed by atoms with Gasteiger partial charge in [-0.25, -0.2) is 0 Å². The lowest BCUT2D eigenvalue weighted by Gasteiger charge is -2.31. The molecule has 25 heavy (non-hydrogen) atoms. The number of piperidine rings is 1. The van der Waals surface area contributed by atoms with Crippen LogP contribution in [0.2, 0.25) is 5.02 Å². The van der Waals surface area contributed by atoms with Crippen LogP contribution in [-0.4, -0.2) is 43.0 Å². The number of rotatable bonds is 7. The van der Waals surface area contributed by atoms with E-state index in [0.29, 0.717) is 39.1 Å². The first-order valence-corrected chi connectivity index (χ1v) is 9.33. The molecule has 1 fully saturated rings. The number of benzene rings is 1. The topological polar surface area (TPSA) is 58.6 Å². The van der Waals surface area contributed by atoms with E-state index in [1.807, 2.05) is 36.9 Å². The number of nitrogens with zero attached hydrogens (tertiary/aromatic N) is 1. The van der Waals surface area contributed by atoms with Gasteiger partial charge in [-0.15, -0.1) is 0 Å². The number of likely N-dealkylation sites (tertiary alicyclic amines) is 1. The lowest BCUT2D eigenvalue weighted by molar-refractivity contribution is -0.135. The third kappa shape index (κ3) is 5.92. The molecular weight excluding hydrogens is 340 g/mol. The van der Waals surface area contributed by atoms with Crippen molar-refractivity contribution in [2.24, 2.45) is 5.92 Å². The van der Waals surface area contributed by atoms with E-state index in [4.69, 9.17) is 16.3 Å². The van der Waals surface area contributed by atoms with Crippen molar-refractivity contribution >= 4 is 23.4 Å². The summed E-state index contributed by atoms with van der Waals surface area (Å²) in [6.45, 7) is 6.34. The Bertz CT molecular complexity index is 598. The number of aryl methyl sites for hydroxylation is 1. The molecule has 0 bridgehead atoms. The van der Waals surface area contributed by atoms with Gasteiger partial charge < -0.3 is 15.0 Å². The molecule has 1 aliphatic heterocycles. The SMILES string of the molecule is CCNC(=O)C1CCN(C(=O)CCCOc2ccc(Cl)c(C)c2)CC1. The molecule has 0 unspecified atom stereocenters. The van der Waals surface area contributed by atoms with Gasteiger partial charge in [0.1, 0.15) is 5.75 Å². The average molecular weight is 367 g/mol. The number of hydrogen-bond acceptors (Lipinski definition) is 3. The largest absolute Gasteiger partial charge is 0.494 e. The number of carbonyl (C=O) groups excluding carboxylic acids is 2. The zero-order valence-corrected chi connectivity index (χ0v) is 15.8. The van der Waals surface area contributed by atoms with E-state index in [9.17, 15) is 9.59 Å². The molecule has 0 aromatic heterocycles. The predicted octanol–water partition coefficient (Wildman–Crippen LogP) is 3.18. The van der Waals surface area contributed by atoms with Crippen molar-refractivity contribution in [3.8, 4) is 5.75 Å². The number of carbonyl (C=O) groups is 2. The Hall–Kier alpha value is -1.75. The minimum Gasteiger partial charge on any atom is -0.494 e. The van der Waals surface area contributed by atoms with Crippen LogP contribution in [0, 0.1) is 12.8 Å². The molecule has 5 nitrogen and oxygen atoms in total. The summed E-state index contributed by atoms with van der Waals surface area (Å²) in [5.41, 5.74) is 0.977. The summed E-state index contributed by atoms with van der Waals surface area (Å²) in [4.78, 5) is 26.0. The van der Waals surface area contributed by atoms with Crippen molar-refractivity contribution in [1.29, 1.82) is 0 Å². The third-order valence-corrected chi connectivity index (χ3v) is 4.93. The quantitative estimate of drug-likeness (QED) is 0.754. The zero-order valence-electron chi connectivity index (χ0n) is 15.0. The normalized spacial score (nSPS) is 15.1. The fraction of sp³-hybridized carbons (Fsp3) is 0.579. The van der Waals surface area contributed by atoms with Gasteiger partial charge in [-0.3, -0.25) is 9.59 Å². The monoisotopic (exact) mass is 366 g/mol. The maximum atomic E-state index is 12.3. The fourth-order valence-electron chi connectivity index (χ4n) is 2.99. The highest BCUT2D eigenvalue weighted by Gasteiger charge is 2.26. The molecule has 1 saturated heterocycles. The van der Waals surface area contributed by atoms with Crippen molar-refractivity contribution < 1.29 is 14.3 Å². The molecule has 1 aliphatic rings. The molecule has 1 N–H and O–H groups in total. The fourth-order valence-corrected chi connectivity index (χ4v) is 3.11. The van der Waals surface area contributed by atoms with E-state index in [1.165, 1.54) is 0 Å². The molecule has 2 rings (SSSR count). The number of ether oxygens (including phenoxy) is 1. The first kappa shape index (κ1) is 19.6. The average Bonchev–Trinajstić information content (AvgIpc) is 2.62. The number of halogens is 1. The minimum atomic E-state index is 0.0421. The predicted molar refractivity (Wildman–Crippen MR) is 98.9 cm³/mol. The van der Waals surface area contributed by atoms with Crippen LogP contribution in [0.1, 0.15) is 38.2 Å². The Labute approximate surface area is 154 Å². The van der Waals surface area contributed by atoms with E-state index in [1.54, 1.807) is 0 Å². The Morgan fingerprint density at radius 1 is 1.32 bits per heavy atom. The van der Waals surface area contributed by atoms with E-state index in [-0.39, 0.29) is 17.7 Å². The molecule has 0 radical (unpaired) electrons. The summed E-state index contributed by atoms with van der Waals surface area (Å²) < 4.78 is 5.67. The first-order valence-electron chi connectivity index (χ1n) is 8.95. The van der Waals surface area contributed by atoms with Crippen LogP contribution in [-0.2, 0) is 9.59 Å². The van der Waals surface area contributed by atoms with E-state index in [2.05, 4.69) is 5.32 Å². The van der Waals surface area contributed by atoms with Gasteiger partial charge >= 0.3 is 0 Å². The third-order valence-electron chi connectivity index (χ3n) is 4.50. The molecule has 0 saturated carbocycles. The van der Waals surface area contributed by atoms with E-state index in [0.717, 1.165) is 29.2 Å². The maximum absolute atomic E-state index is 12.3. The van der Waals surface area contributed by atoms with Crippen molar-refractivity contribution in [3.05, 3.63) is 28.8 Å². The first-order chi connectivity index (χ1) is 12.0. The lowest BCUT2D eigenvalue weighted by atomic mass is 9.95. The van der Waals surface area contributed by atoms with Crippen molar-refractivity contribution in [2.45, 2.75) is 39.5 Å². The van der Waals surface area contributed by atoms with Crippen molar-refractivity contribution in [1.82, 2.24) is 10.2 Å². The Morgan fingerprint density at radius 2 is 2.04 bits per heavy atom. The Balaban J connectivity index is 1.66. The number of hydrogen-bond donors (Lipinski definition) is 1. The standard InChI is InChI=1S/C19H27ClN2O3/c1-3-21-19(24)15-8-10-22(11-9-15)18(23)5-4-12-25-16-6-7-17(20)14(2)13-16/h6-7,13,15H,3-5,8-12H2,1-2H3,(H,21,24). The van der Waals surface area contributed by atoms with Gasteiger partial charge in [0.25, 0.3) is 0 Å². The van der Waals surface area contributed by atoms with Crippen LogP contribution in [0.3, 0.4) is 0 Å². The van der Waals surface area contributed by atoms with Crippen LogP contribution in [0.5, 0.6) is 5.75 Å². The molecule has 0 atom stereocenters. The highest BCUT2D eigenvalue weighted by Crippen LogP contribution is 2.21. The summed E-state index contributed by atoms with van der Waals surface area (Å²) >= 11 is 5.99. The smallest absolute Gasteiger partial charge is 0.223 e. The second kappa shape index (κ2) is 9.66. The summed E-state index contributed by atoms with van der Waals surface area (Å²) in [6, 6.07) is 5.55. The lowest BCUT2D eigenvalue weighted by Crippen LogP contribution is -2.43. The Morgan fingerprint density at radius 3 is 2.68 bits per heavy atom. The van der Waals surface area contributed by atoms with Crippen LogP contribution in [0.15, 0.2) is 18.2 Å². The molecule has 2 amide bonds. The van der Waals surface area contributed by atoms with Crippen LogP contribution < -0.4 is 10.1 Å². The van der Waals surface area contributed by atoms with Crippen molar-refractivity contribution in [2.75, 3.05) is 26.2 Å². The summed E-state index contributed by atoms with van der Waals surface area (Å²) in [7, 11) is 0. The van der Waals surface area contributed by atoms with Crippen LogP contribution >= 0.6 is 11.6 Å². The highest BCUT2D eigenvalue weighted by molar-refractivity contribution is 6.31. The van der Waals surface area contributed by atoms with Crippen molar-refractivity contribution in [3.63, 3.8) is 0 Å². The van der Waals surface area contributed by atoms with E-state index >= 15 is 0 Å². The molecule has 0 aliphatic carbocycles. The Kier molecular flexibility index (Phi) is 7.56. The van der Waals surface area contributed by atoms with Gasteiger partial charge in [0.2, 0.25) is 11.8 Å². The molecular formula is C19H27ClN2O3. The molecule has 6 heteroatoms. The summed E-state index contributed by atoms with van der Waals surface area (Å²) in [6.07, 6.45) is 2.64. The van der Waals surface area contributed by atoms with Gasteiger partial charge in [0.15, 0.2) is 0 Å². The van der Waals surface area contributed by atoms with Gasteiger partial charge in [-0.05, 0) is 56.9 Å². The second-order valence-corrected chi connectivity index (χ2v) is 6.82. The number of amides is 2. The van der Waals surface area contributed by atoms with Gasteiger partial charge in [0, 0.05) is 37.0 Å². The second-order valence-electron chi connectivity index (χ2n) is 6.41. The summed E-state index contributed by atoms with van der Waals surface area (Å²) in [5, 5.41) is 3.58. The van der Waals surface area contributed by atoms with Gasteiger partial charge in [-0.2, -0.15) is 0 Å². The van der Waals surface area contributed by atoms with Gasteiger partial charge in [0.05, 0.1) is 6.61 Å². The minimum absolute atomic E-state index is 0.0421. The summed E-state index contributed by atoms with van der Waals surface area (Å²) in [5.74, 6) is 1.07. The molecule has 0 spiro atoms. The van der Waals surface area contributed by atoms with Crippen LogP contribution in [0.4, 0.5) is 0 Å². The van der Waals surface area contributed by atoms with Gasteiger partial charge in [-0.1, -0.05) is 11.6 Å². The molecule has 1 aromatic carbocycles. The van der Waals surface area contributed by atoms with Crippen LogP contribution in [0.25, 0.3) is 0 Å². The molecule has 1 heterocycles. The van der Waals surface area contributed by atoms with E-state index < -0.39 is 0 Å². The highest BCUT2D eigenvalue weighted by atomic mass is 35.5. The zero-order chi connectivity index (χ0) is 18.2. The molecule has 1 aromatic rings. The maximum Gasteiger partial charge on any atom is 0.223 e. The number of nitrogens with one attached hydrogen (secondary N) is 1.